The molecule has 0 unspecified atom stereocenters. The average molecular weight is 432 g/mol. The molecular weight excluding hydrogens is 410 g/mol. The molecule has 8 heteroatoms. The van der Waals surface area contributed by atoms with Crippen LogP contribution in [0.15, 0.2) is 60.0 Å². The summed E-state index contributed by atoms with van der Waals surface area (Å²) in [5.41, 5.74) is 4.35. The molecule has 7 nitrogen and oxygen atoms in total. The largest absolute Gasteiger partial charge is 0.383 e. The molecule has 0 aliphatic heterocycles. The molecule has 3 aromatic heterocycles. The summed E-state index contributed by atoms with van der Waals surface area (Å²) in [5, 5.41) is 6.64. The molecule has 5 rings (SSSR count). The van der Waals surface area contributed by atoms with Crippen molar-refractivity contribution < 1.29 is 9.53 Å². The fourth-order valence-electron chi connectivity index (χ4n) is 3.65. The lowest BCUT2D eigenvalue weighted by Crippen LogP contribution is -2.23. The second kappa shape index (κ2) is 8.33. The van der Waals surface area contributed by atoms with Gasteiger partial charge in [0, 0.05) is 29.9 Å². The highest BCUT2D eigenvalue weighted by Gasteiger charge is 2.17. The van der Waals surface area contributed by atoms with Crippen LogP contribution in [-0.2, 0) is 17.8 Å². The fourth-order valence-corrected chi connectivity index (χ4v) is 4.47. The molecule has 0 bridgehead atoms. The van der Waals surface area contributed by atoms with Gasteiger partial charge >= 0.3 is 0 Å². The Labute approximate surface area is 182 Å². The van der Waals surface area contributed by atoms with E-state index >= 15 is 0 Å². The first-order valence-electron chi connectivity index (χ1n) is 9.98. The van der Waals surface area contributed by atoms with E-state index in [1.165, 1.54) is 11.3 Å². The van der Waals surface area contributed by atoms with Gasteiger partial charge in [0.15, 0.2) is 0 Å². The number of carbonyl (C=O) groups is 1. The molecule has 0 saturated carbocycles. The lowest BCUT2D eigenvalue weighted by atomic mass is 10.2. The minimum atomic E-state index is -0.220. The van der Waals surface area contributed by atoms with Crippen molar-refractivity contribution in [3.63, 3.8) is 0 Å². The summed E-state index contributed by atoms with van der Waals surface area (Å²) < 4.78 is 7.47. The summed E-state index contributed by atoms with van der Waals surface area (Å²) in [7, 11) is 1.69. The third kappa shape index (κ3) is 3.83. The van der Waals surface area contributed by atoms with Crippen LogP contribution in [0, 0.1) is 0 Å². The van der Waals surface area contributed by atoms with Gasteiger partial charge in [0.2, 0.25) is 0 Å². The Kier molecular flexibility index (Phi) is 5.23. The minimum absolute atomic E-state index is 0.220. The summed E-state index contributed by atoms with van der Waals surface area (Å²) in [6.45, 7) is 1.63. The number of hydrogen-bond donors (Lipinski definition) is 2. The molecule has 0 aliphatic rings. The highest BCUT2D eigenvalue weighted by atomic mass is 32.1. The van der Waals surface area contributed by atoms with Crippen molar-refractivity contribution in [2.75, 3.05) is 13.7 Å². The van der Waals surface area contributed by atoms with Gasteiger partial charge in [0.25, 0.3) is 5.91 Å². The Morgan fingerprint density at radius 3 is 2.87 bits per heavy atom. The average Bonchev–Trinajstić information content (AvgIpc) is 3.52. The lowest BCUT2D eigenvalue weighted by molar-refractivity contribution is 0.0945. The topological polar surface area (TPSA) is 84.8 Å². The number of rotatable bonds is 7. The Hall–Kier alpha value is -3.49. The molecule has 0 saturated heterocycles. The Morgan fingerprint density at radius 1 is 1.16 bits per heavy atom. The Bertz CT molecular complexity index is 1330. The number of hydrogen-bond acceptors (Lipinski definition) is 5. The van der Waals surface area contributed by atoms with E-state index in [2.05, 4.69) is 43.0 Å². The number of para-hydroxylation sites is 3. The van der Waals surface area contributed by atoms with Crippen molar-refractivity contribution in [2.24, 2.45) is 0 Å². The molecule has 0 aliphatic carbocycles. The Morgan fingerprint density at radius 2 is 2.00 bits per heavy atom. The summed E-state index contributed by atoms with van der Waals surface area (Å²) >= 11 is 1.46. The van der Waals surface area contributed by atoms with Gasteiger partial charge in [-0.3, -0.25) is 4.79 Å². The minimum Gasteiger partial charge on any atom is -0.383 e. The molecule has 2 N–H and O–H groups in total. The molecule has 0 atom stereocenters. The zero-order valence-corrected chi connectivity index (χ0v) is 17.8. The zero-order chi connectivity index (χ0) is 21.2. The van der Waals surface area contributed by atoms with Crippen LogP contribution in [0.5, 0.6) is 0 Å². The zero-order valence-electron chi connectivity index (χ0n) is 17.0. The van der Waals surface area contributed by atoms with E-state index in [-0.39, 0.29) is 5.91 Å². The number of nitrogens with zero attached hydrogens (tertiary/aromatic N) is 3. The molecule has 3 heterocycles. The molecular formula is C23H21N5O2S. The Balaban J connectivity index is 1.36. The van der Waals surface area contributed by atoms with E-state index in [4.69, 9.17) is 4.74 Å². The third-order valence-corrected chi connectivity index (χ3v) is 6.01. The van der Waals surface area contributed by atoms with Crippen LogP contribution < -0.4 is 5.32 Å². The SMILES string of the molecule is COCCn1c(-c2nc(C(=O)NCc3nc4ccccc4[nH]3)cs2)cc2ccccc21. The maximum Gasteiger partial charge on any atom is 0.271 e. The van der Waals surface area contributed by atoms with Crippen molar-refractivity contribution in [1.29, 1.82) is 0 Å². The highest BCUT2D eigenvalue weighted by molar-refractivity contribution is 7.13. The van der Waals surface area contributed by atoms with Crippen LogP contribution in [0.2, 0.25) is 0 Å². The van der Waals surface area contributed by atoms with Crippen molar-refractivity contribution in [1.82, 2.24) is 24.8 Å². The molecule has 0 radical (unpaired) electrons. The van der Waals surface area contributed by atoms with Crippen LogP contribution in [0.1, 0.15) is 16.3 Å². The number of H-pyrrole nitrogens is 1. The second-order valence-electron chi connectivity index (χ2n) is 7.15. The van der Waals surface area contributed by atoms with Crippen molar-refractivity contribution in [2.45, 2.75) is 13.1 Å². The van der Waals surface area contributed by atoms with E-state index in [0.717, 1.165) is 32.6 Å². The van der Waals surface area contributed by atoms with Gasteiger partial charge in [-0.2, -0.15) is 0 Å². The van der Waals surface area contributed by atoms with E-state index in [0.29, 0.717) is 31.2 Å². The number of aromatic amines is 1. The number of carbonyl (C=O) groups excluding carboxylic acids is 1. The van der Waals surface area contributed by atoms with Crippen molar-refractivity contribution in [3.05, 3.63) is 71.5 Å². The van der Waals surface area contributed by atoms with E-state index in [1.54, 1.807) is 12.5 Å². The van der Waals surface area contributed by atoms with Crippen LogP contribution in [0.3, 0.4) is 0 Å². The number of aromatic nitrogens is 4. The van der Waals surface area contributed by atoms with Gasteiger partial charge in [-0.1, -0.05) is 30.3 Å². The first kappa shape index (κ1) is 19.5. The third-order valence-electron chi connectivity index (χ3n) is 5.14. The summed E-state index contributed by atoms with van der Waals surface area (Å²) in [5.74, 6) is 0.493. The predicted octanol–water partition coefficient (Wildman–Crippen LogP) is 4.22. The molecule has 1 amide bonds. The number of amides is 1. The normalized spacial score (nSPS) is 11.4. The number of imidazole rings is 1. The molecule has 2 aromatic carbocycles. The quantitative estimate of drug-likeness (QED) is 0.404. The van der Waals surface area contributed by atoms with E-state index < -0.39 is 0 Å². The maximum atomic E-state index is 12.7. The number of benzene rings is 2. The summed E-state index contributed by atoms with van der Waals surface area (Å²) in [4.78, 5) is 25.0. The molecule has 156 valence electrons. The van der Waals surface area contributed by atoms with Crippen LogP contribution in [0.25, 0.3) is 32.6 Å². The predicted molar refractivity (Wildman–Crippen MR) is 122 cm³/mol. The van der Waals surface area contributed by atoms with Crippen molar-refractivity contribution >= 4 is 39.2 Å². The van der Waals surface area contributed by atoms with Crippen LogP contribution >= 0.6 is 11.3 Å². The smallest absolute Gasteiger partial charge is 0.271 e. The fraction of sp³-hybridized carbons (Fsp3) is 0.174. The molecule has 0 spiro atoms. The summed E-state index contributed by atoms with van der Waals surface area (Å²) in [6, 6.07) is 18.1. The second-order valence-corrected chi connectivity index (χ2v) is 8.01. The van der Waals surface area contributed by atoms with Crippen molar-refractivity contribution in [3.8, 4) is 10.7 Å². The lowest BCUT2D eigenvalue weighted by Gasteiger charge is -2.08. The standard InChI is InChI=1S/C23H21N5O2S/c1-30-11-10-28-19-9-5-2-6-15(19)12-20(28)23-27-18(14-31-23)22(29)24-13-21-25-16-7-3-4-8-17(16)26-21/h2-9,12,14H,10-11,13H2,1H3,(H,24,29)(H,25,26). The van der Waals surface area contributed by atoms with E-state index in [9.17, 15) is 4.79 Å². The first-order chi connectivity index (χ1) is 15.2. The number of ether oxygens (including phenoxy) is 1. The van der Waals surface area contributed by atoms with E-state index in [1.807, 2.05) is 36.4 Å². The van der Waals surface area contributed by atoms with Crippen LogP contribution in [-0.4, -0.2) is 39.1 Å². The maximum absolute atomic E-state index is 12.7. The van der Waals surface area contributed by atoms with Gasteiger partial charge < -0.3 is 19.6 Å². The number of nitrogens with one attached hydrogen (secondary N) is 2. The number of fused-ring (bicyclic) bond motifs is 2. The van der Waals surface area contributed by atoms with Gasteiger partial charge in [0.1, 0.15) is 16.5 Å². The number of methoxy groups -OCH3 is 1. The van der Waals surface area contributed by atoms with Gasteiger partial charge in [0.05, 0.1) is 29.9 Å². The van der Waals surface area contributed by atoms with Gasteiger partial charge in [-0.05, 0) is 24.3 Å². The first-order valence-corrected chi connectivity index (χ1v) is 10.9. The number of thiazole rings is 1. The monoisotopic (exact) mass is 431 g/mol. The summed E-state index contributed by atoms with van der Waals surface area (Å²) in [6.07, 6.45) is 0. The molecule has 5 aromatic rings. The van der Waals surface area contributed by atoms with Crippen LogP contribution in [0.4, 0.5) is 0 Å². The molecule has 0 fully saturated rings. The molecule has 31 heavy (non-hydrogen) atoms. The van der Waals surface area contributed by atoms with Gasteiger partial charge in [-0.15, -0.1) is 11.3 Å². The van der Waals surface area contributed by atoms with Gasteiger partial charge in [-0.25, -0.2) is 9.97 Å². The highest BCUT2D eigenvalue weighted by Crippen LogP contribution is 2.30.